The fourth-order valence-electron chi connectivity index (χ4n) is 4.56. The molecular formula is C24H26N2O5. The van der Waals surface area contributed by atoms with Crippen LogP contribution in [0.25, 0.3) is 10.9 Å². The summed E-state index contributed by atoms with van der Waals surface area (Å²) < 4.78 is 7.62. The number of hydrogen-bond donors (Lipinski definition) is 3. The van der Waals surface area contributed by atoms with Gasteiger partial charge in [0, 0.05) is 11.6 Å². The van der Waals surface area contributed by atoms with Crippen LogP contribution in [0.15, 0.2) is 59.9 Å². The minimum Gasteiger partial charge on any atom is -0.388 e. The molecule has 0 radical (unpaired) electrons. The Hall–Kier alpha value is -2.58. The van der Waals surface area contributed by atoms with Gasteiger partial charge in [-0.1, -0.05) is 47.6 Å². The van der Waals surface area contributed by atoms with Crippen LogP contribution in [0.5, 0.6) is 0 Å². The summed E-state index contributed by atoms with van der Waals surface area (Å²) in [4.78, 5) is 10.7. The predicted molar refractivity (Wildman–Crippen MR) is 116 cm³/mol. The summed E-state index contributed by atoms with van der Waals surface area (Å²) in [5.41, 5.74) is 4.50. The molecule has 7 nitrogen and oxygen atoms in total. The molecule has 0 unspecified atom stereocenters. The largest absolute Gasteiger partial charge is 0.388 e. The molecule has 3 aromatic rings. The number of ether oxygens (including phenoxy) is 1. The van der Waals surface area contributed by atoms with Crippen LogP contribution in [0.3, 0.4) is 0 Å². The lowest BCUT2D eigenvalue weighted by molar-refractivity contribution is -0.240. The third-order valence-corrected chi connectivity index (χ3v) is 6.46. The van der Waals surface area contributed by atoms with E-state index >= 15 is 0 Å². The van der Waals surface area contributed by atoms with Crippen LogP contribution in [-0.2, 0) is 11.2 Å². The highest BCUT2D eigenvalue weighted by Gasteiger charge is 2.45. The molecular weight excluding hydrogens is 396 g/mol. The quantitative estimate of drug-likeness (QED) is 0.530. The summed E-state index contributed by atoms with van der Waals surface area (Å²) in [7, 11) is 0. The van der Waals surface area contributed by atoms with Crippen LogP contribution in [0.2, 0.25) is 0 Å². The van der Waals surface area contributed by atoms with Crippen molar-refractivity contribution in [3.8, 4) is 0 Å². The zero-order chi connectivity index (χ0) is 21.5. The van der Waals surface area contributed by atoms with Gasteiger partial charge in [-0.25, -0.2) is 0 Å². The van der Waals surface area contributed by atoms with E-state index in [4.69, 9.17) is 4.74 Å². The number of aliphatic hydroxyl groups excluding tert-OH is 3. The van der Waals surface area contributed by atoms with Gasteiger partial charge >= 0.3 is 0 Å². The molecule has 7 heteroatoms. The SMILES string of the molecule is O=NC[C@H]1O[C@@H](n2cc(Cc3ccc(C4CC4)cc3)c3ccccc32)[C@H](O)[C@@H](O)[C@@H]1O. The average molecular weight is 422 g/mol. The van der Waals surface area contributed by atoms with E-state index in [9.17, 15) is 20.2 Å². The lowest BCUT2D eigenvalue weighted by atomic mass is 9.98. The lowest BCUT2D eigenvalue weighted by Crippen LogP contribution is -2.56. The number of benzene rings is 2. The van der Waals surface area contributed by atoms with Gasteiger partial charge < -0.3 is 24.6 Å². The van der Waals surface area contributed by atoms with Crippen molar-refractivity contribution in [1.82, 2.24) is 4.57 Å². The van der Waals surface area contributed by atoms with E-state index in [2.05, 4.69) is 29.4 Å². The first-order valence-electron chi connectivity index (χ1n) is 10.7. The van der Waals surface area contributed by atoms with Gasteiger partial charge in [0.1, 0.15) is 31.0 Å². The molecule has 31 heavy (non-hydrogen) atoms. The third kappa shape index (κ3) is 3.78. The highest BCUT2D eigenvalue weighted by atomic mass is 16.5. The minimum absolute atomic E-state index is 0.305. The van der Waals surface area contributed by atoms with Crippen molar-refractivity contribution in [3.05, 3.63) is 76.3 Å². The van der Waals surface area contributed by atoms with Crippen LogP contribution in [-0.4, -0.2) is 50.8 Å². The second-order valence-electron chi connectivity index (χ2n) is 8.62. The van der Waals surface area contributed by atoms with Gasteiger partial charge in [-0.3, -0.25) is 0 Å². The normalized spacial score (nSPS) is 28.7. The third-order valence-electron chi connectivity index (χ3n) is 6.46. The van der Waals surface area contributed by atoms with Crippen LogP contribution in [0, 0.1) is 4.91 Å². The van der Waals surface area contributed by atoms with Crippen LogP contribution >= 0.6 is 0 Å². The van der Waals surface area contributed by atoms with Crippen molar-refractivity contribution in [1.29, 1.82) is 0 Å². The molecule has 1 aliphatic heterocycles. The maximum Gasteiger partial charge on any atom is 0.163 e. The van der Waals surface area contributed by atoms with E-state index in [0.717, 1.165) is 22.4 Å². The summed E-state index contributed by atoms with van der Waals surface area (Å²) in [5.74, 6) is 0.719. The molecule has 2 aliphatic rings. The van der Waals surface area contributed by atoms with Crippen molar-refractivity contribution in [2.75, 3.05) is 6.54 Å². The van der Waals surface area contributed by atoms with E-state index in [1.165, 1.54) is 24.0 Å². The molecule has 0 bridgehead atoms. The Labute approximate surface area is 179 Å². The molecule has 2 aromatic carbocycles. The second kappa shape index (κ2) is 8.16. The van der Waals surface area contributed by atoms with Gasteiger partial charge in [0.2, 0.25) is 0 Å². The Kier molecular flexibility index (Phi) is 5.35. The Morgan fingerprint density at radius 1 is 0.968 bits per heavy atom. The highest BCUT2D eigenvalue weighted by Crippen LogP contribution is 2.40. The summed E-state index contributed by atoms with van der Waals surface area (Å²) in [6, 6.07) is 16.5. The van der Waals surface area contributed by atoms with Crippen molar-refractivity contribution in [3.63, 3.8) is 0 Å². The van der Waals surface area contributed by atoms with Gasteiger partial charge in [-0.2, -0.15) is 4.91 Å². The lowest BCUT2D eigenvalue weighted by Gasteiger charge is -2.40. The number of fused-ring (bicyclic) bond motifs is 1. The van der Waals surface area contributed by atoms with Gasteiger partial charge in [0.05, 0.1) is 5.52 Å². The number of nitrogens with zero attached hydrogens (tertiary/aromatic N) is 2. The number of aliphatic hydroxyl groups is 3. The zero-order valence-corrected chi connectivity index (χ0v) is 17.0. The monoisotopic (exact) mass is 422 g/mol. The molecule has 2 heterocycles. The average Bonchev–Trinajstić information content (AvgIpc) is 3.58. The van der Waals surface area contributed by atoms with Gasteiger partial charge in [-0.15, -0.1) is 0 Å². The second-order valence-corrected chi connectivity index (χ2v) is 8.62. The van der Waals surface area contributed by atoms with E-state index in [1.54, 1.807) is 4.57 Å². The molecule has 0 amide bonds. The molecule has 1 aromatic heterocycles. The first-order valence-corrected chi connectivity index (χ1v) is 10.7. The van der Waals surface area contributed by atoms with Crippen molar-refractivity contribution < 1.29 is 20.1 Å². The number of nitroso groups, excluding NO2 is 1. The van der Waals surface area contributed by atoms with Crippen LogP contribution in [0.4, 0.5) is 0 Å². The van der Waals surface area contributed by atoms with Gasteiger partial charge in [-0.05, 0) is 47.9 Å². The Bertz CT molecular complexity index is 1080. The maximum absolute atomic E-state index is 10.7. The summed E-state index contributed by atoms with van der Waals surface area (Å²) in [5, 5.41) is 34.9. The number of para-hydroxylation sites is 1. The van der Waals surface area contributed by atoms with E-state index < -0.39 is 30.6 Å². The van der Waals surface area contributed by atoms with Crippen molar-refractivity contribution in [2.45, 2.75) is 55.8 Å². The standard InChI is InChI=1S/C24H26N2O5/c27-21-20(12-25-30)31-24(23(29)22(21)28)26-13-17(18-3-1-2-4-19(18)26)11-14-5-7-15(8-6-14)16-9-10-16/h1-8,13,16,20-24,27-29H,9-12H2/t20-,21-,22+,23-,24-/m1/s1. The molecule has 5 rings (SSSR count). The minimum atomic E-state index is -1.44. The van der Waals surface area contributed by atoms with E-state index in [0.29, 0.717) is 6.42 Å². The van der Waals surface area contributed by atoms with Crippen LogP contribution in [0.1, 0.15) is 41.7 Å². The molecule has 0 spiro atoms. The molecule has 2 fully saturated rings. The Morgan fingerprint density at radius 3 is 2.42 bits per heavy atom. The van der Waals surface area contributed by atoms with E-state index in [-0.39, 0.29) is 6.54 Å². The number of aromatic nitrogens is 1. The Balaban J connectivity index is 1.48. The maximum atomic E-state index is 10.7. The molecule has 162 valence electrons. The summed E-state index contributed by atoms with van der Waals surface area (Å²) in [6.45, 7) is -0.305. The van der Waals surface area contributed by atoms with E-state index in [1.807, 2.05) is 30.5 Å². The predicted octanol–water partition coefficient (Wildman–Crippen LogP) is 2.86. The first-order chi connectivity index (χ1) is 15.1. The number of hydrogen-bond acceptors (Lipinski definition) is 6. The van der Waals surface area contributed by atoms with Gasteiger partial charge in [0.15, 0.2) is 6.23 Å². The topological polar surface area (TPSA) is 104 Å². The van der Waals surface area contributed by atoms with Crippen molar-refractivity contribution in [2.24, 2.45) is 5.18 Å². The van der Waals surface area contributed by atoms with Crippen molar-refractivity contribution >= 4 is 10.9 Å². The molecule has 5 atom stereocenters. The summed E-state index contributed by atoms with van der Waals surface area (Å²) >= 11 is 0. The van der Waals surface area contributed by atoms with Gasteiger partial charge in [0.25, 0.3) is 0 Å². The fraction of sp³-hybridized carbons (Fsp3) is 0.417. The number of rotatable bonds is 6. The first kappa shape index (κ1) is 20.3. The zero-order valence-electron chi connectivity index (χ0n) is 17.0. The van der Waals surface area contributed by atoms with Crippen LogP contribution < -0.4 is 0 Å². The molecule has 1 saturated heterocycles. The fourth-order valence-corrected chi connectivity index (χ4v) is 4.56. The smallest absolute Gasteiger partial charge is 0.163 e. The molecule has 3 N–H and O–H groups in total. The molecule has 1 saturated carbocycles. The highest BCUT2D eigenvalue weighted by molar-refractivity contribution is 5.84. The Morgan fingerprint density at radius 2 is 1.71 bits per heavy atom. The molecule has 1 aliphatic carbocycles. The summed E-state index contributed by atoms with van der Waals surface area (Å²) in [6.07, 6.45) is -0.911.